The first-order valence-corrected chi connectivity index (χ1v) is 9.43. The molecule has 1 amide bonds. The molecule has 0 saturated carbocycles. The lowest BCUT2D eigenvalue weighted by molar-refractivity contribution is -0.134. The highest BCUT2D eigenvalue weighted by Crippen LogP contribution is 2.25. The molecule has 1 aliphatic heterocycles. The number of thioether (sulfide) groups is 1. The van der Waals surface area contributed by atoms with Crippen LogP contribution >= 0.6 is 24.2 Å². The Labute approximate surface area is 164 Å². The summed E-state index contributed by atoms with van der Waals surface area (Å²) in [6.45, 7) is 2.36. The van der Waals surface area contributed by atoms with Gasteiger partial charge in [0, 0.05) is 49.1 Å². The highest BCUT2D eigenvalue weighted by molar-refractivity contribution is 7.99. The third kappa shape index (κ3) is 5.37. The van der Waals surface area contributed by atoms with Crippen molar-refractivity contribution in [2.45, 2.75) is 17.4 Å². The number of ether oxygens (including phenoxy) is 1. The van der Waals surface area contributed by atoms with E-state index in [9.17, 15) is 4.79 Å². The Hall–Kier alpha value is -1.76. The number of methoxy groups -OCH3 is 1. The molecule has 1 unspecified atom stereocenters. The predicted octanol–water partition coefficient (Wildman–Crippen LogP) is 3.17. The largest absolute Gasteiger partial charge is 0.497 e. The number of benzene rings is 1. The van der Waals surface area contributed by atoms with Crippen LogP contribution in [0.1, 0.15) is 18.0 Å². The average molecular weight is 394 g/mol. The van der Waals surface area contributed by atoms with Gasteiger partial charge in [-0.25, -0.2) is 0 Å². The van der Waals surface area contributed by atoms with E-state index in [0.29, 0.717) is 6.42 Å². The standard InChI is InChI=1S/C19H23N3O2S.ClH/c1-24-16-4-6-17(7-5-16)25-12-8-19(23)22-11-10-21-14-18(22)15-3-2-9-20-13-15;/h2-7,9,13,18,21H,8,10-12,14H2,1H3;1H. The first kappa shape index (κ1) is 20.6. The Morgan fingerprint density at radius 1 is 1.35 bits per heavy atom. The number of halogens is 1. The SMILES string of the molecule is COc1ccc(SCCC(=O)N2CCNCC2c2cccnc2)cc1.Cl. The minimum absolute atomic E-state index is 0. The molecule has 7 heteroatoms. The molecule has 1 aromatic heterocycles. The molecule has 1 N–H and O–H groups in total. The number of pyridine rings is 1. The van der Waals surface area contributed by atoms with E-state index in [4.69, 9.17) is 4.74 Å². The number of hydrogen-bond donors (Lipinski definition) is 1. The van der Waals surface area contributed by atoms with Crippen molar-refractivity contribution in [3.63, 3.8) is 0 Å². The molecule has 3 rings (SSSR count). The van der Waals surface area contributed by atoms with Gasteiger partial charge in [-0.1, -0.05) is 6.07 Å². The number of hydrogen-bond acceptors (Lipinski definition) is 5. The molecule has 1 aromatic carbocycles. The van der Waals surface area contributed by atoms with Crippen LogP contribution in [0.4, 0.5) is 0 Å². The third-order valence-electron chi connectivity index (χ3n) is 4.28. The van der Waals surface area contributed by atoms with E-state index in [1.54, 1.807) is 25.1 Å². The highest BCUT2D eigenvalue weighted by atomic mass is 35.5. The molecule has 0 spiro atoms. The lowest BCUT2D eigenvalue weighted by Gasteiger charge is -2.36. The molecule has 140 valence electrons. The van der Waals surface area contributed by atoms with Crippen molar-refractivity contribution in [1.82, 2.24) is 15.2 Å². The summed E-state index contributed by atoms with van der Waals surface area (Å²) in [6, 6.07) is 12.0. The maximum absolute atomic E-state index is 12.7. The molecule has 2 heterocycles. The molecule has 1 aliphatic rings. The zero-order valence-corrected chi connectivity index (χ0v) is 16.4. The Kier molecular flexibility index (Phi) is 8.22. The van der Waals surface area contributed by atoms with E-state index in [0.717, 1.165) is 41.6 Å². The summed E-state index contributed by atoms with van der Waals surface area (Å²) >= 11 is 1.70. The van der Waals surface area contributed by atoms with Gasteiger partial charge in [0.2, 0.25) is 5.91 Å². The summed E-state index contributed by atoms with van der Waals surface area (Å²) in [4.78, 5) is 20.0. The second kappa shape index (κ2) is 10.4. The predicted molar refractivity (Wildman–Crippen MR) is 107 cm³/mol. The van der Waals surface area contributed by atoms with E-state index in [2.05, 4.69) is 10.3 Å². The topological polar surface area (TPSA) is 54.5 Å². The Bertz CT molecular complexity index is 685. The number of nitrogens with one attached hydrogen (secondary N) is 1. The maximum atomic E-state index is 12.7. The van der Waals surface area contributed by atoms with Gasteiger partial charge in [0.15, 0.2) is 0 Å². The fraction of sp³-hybridized carbons (Fsp3) is 0.368. The number of carbonyl (C=O) groups is 1. The second-order valence-corrected chi connectivity index (χ2v) is 7.04. The molecular formula is C19H24ClN3O2S. The number of rotatable bonds is 6. The van der Waals surface area contributed by atoms with Crippen molar-refractivity contribution in [1.29, 1.82) is 0 Å². The molecule has 1 saturated heterocycles. The van der Waals surface area contributed by atoms with Gasteiger partial charge in [-0.3, -0.25) is 9.78 Å². The smallest absolute Gasteiger partial charge is 0.224 e. The van der Waals surface area contributed by atoms with E-state index in [1.165, 1.54) is 0 Å². The Morgan fingerprint density at radius 2 is 2.15 bits per heavy atom. The van der Waals surface area contributed by atoms with Crippen LogP contribution in [0.2, 0.25) is 0 Å². The summed E-state index contributed by atoms with van der Waals surface area (Å²) < 4.78 is 5.16. The van der Waals surface area contributed by atoms with Crippen molar-refractivity contribution < 1.29 is 9.53 Å². The van der Waals surface area contributed by atoms with Gasteiger partial charge in [0.05, 0.1) is 13.2 Å². The molecule has 2 aromatic rings. The molecule has 0 aliphatic carbocycles. The normalized spacial score (nSPS) is 16.7. The van der Waals surface area contributed by atoms with Crippen molar-refractivity contribution in [2.75, 3.05) is 32.5 Å². The first-order valence-electron chi connectivity index (χ1n) is 8.45. The molecule has 5 nitrogen and oxygen atoms in total. The van der Waals surface area contributed by atoms with E-state index in [1.807, 2.05) is 47.5 Å². The van der Waals surface area contributed by atoms with Gasteiger partial charge in [-0.15, -0.1) is 24.2 Å². The molecule has 0 bridgehead atoms. The summed E-state index contributed by atoms with van der Waals surface area (Å²) in [7, 11) is 1.66. The van der Waals surface area contributed by atoms with E-state index >= 15 is 0 Å². The number of nitrogens with zero attached hydrogens (tertiary/aromatic N) is 2. The maximum Gasteiger partial charge on any atom is 0.224 e. The zero-order valence-electron chi connectivity index (χ0n) is 14.8. The molecule has 1 atom stereocenters. The minimum Gasteiger partial charge on any atom is -0.497 e. The molecular weight excluding hydrogens is 370 g/mol. The average Bonchev–Trinajstić information content (AvgIpc) is 2.69. The Morgan fingerprint density at radius 3 is 2.85 bits per heavy atom. The quantitative estimate of drug-likeness (QED) is 0.764. The number of piperazine rings is 1. The summed E-state index contributed by atoms with van der Waals surface area (Å²) in [5, 5.41) is 3.37. The van der Waals surface area contributed by atoms with Crippen molar-refractivity contribution in [3.05, 3.63) is 54.4 Å². The molecule has 1 fully saturated rings. The van der Waals surface area contributed by atoms with Crippen LogP contribution in [-0.4, -0.2) is 48.3 Å². The first-order chi connectivity index (χ1) is 12.3. The van der Waals surface area contributed by atoms with Crippen LogP contribution < -0.4 is 10.1 Å². The monoisotopic (exact) mass is 393 g/mol. The fourth-order valence-electron chi connectivity index (χ4n) is 2.95. The summed E-state index contributed by atoms with van der Waals surface area (Å²) in [5.41, 5.74) is 1.09. The Balaban J connectivity index is 0.00000243. The summed E-state index contributed by atoms with van der Waals surface area (Å²) in [5.74, 6) is 1.83. The van der Waals surface area contributed by atoms with Gasteiger partial charge in [0.1, 0.15) is 5.75 Å². The van der Waals surface area contributed by atoms with E-state index in [-0.39, 0.29) is 24.4 Å². The van der Waals surface area contributed by atoms with E-state index < -0.39 is 0 Å². The van der Waals surface area contributed by atoms with Gasteiger partial charge in [-0.2, -0.15) is 0 Å². The van der Waals surface area contributed by atoms with Crippen LogP contribution in [0.25, 0.3) is 0 Å². The highest BCUT2D eigenvalue weighted by Gasteiger charge is 2.27. The third-order valence-corrected chi connectivity index (χ3v) is 5.29. The molecule has 26 heavy (non-hydrogen) atoms. The fourth-order valence-corrected chi connectivity index (χ4v) is 3.79. The lowest BCUT2D eigenvalue weighted by Crippen LogP contribution is -2.48. The van der Waals surface area contributed by atoms with Crippen molar-refractivity contribution >= 4 is 30.1 Å². The van der Waals surface area contributed by atoms with Crippen molar-refractivity contribution in [2.24, 2.45) is 0 Å². The second-order valence-electron chi connectivity index (χ2n) is 5.87. The van der Waals surface area contributed by atoms with Gasteiger partial charge in [0.25, 0.3) is 0 Å². The van der Waals surface area contributed by atoms with Gasteiger partial charge < -0.3 is 15.0 Å². The lowest BCUT2D eigenvalue weighted by atomic mass is 10.1. The van der Waals surface area contributed by atoms with Gasteiger partial charge in [-0.05, 0) is 35.9 Å². The van der Waals surface area contributed by atoms with Crippen LogP contribution in [0, 0.1) is 0 Å². The van der Waals surface area contributed by atoms with Crippen LogP contribution in [0.3, 0.4) is 0 Å². The minimum atomic E-state index is 0. The number of aromatic nitrogens is 1. The van der Waals surface area contributed by atoms with Crippen LogP contribution in [0.15, 0.2) is 53.7 Å². The van der Waals surface area contributed by atoms with Crippen molar-refractivity contribution in [3.8, 4) is 5.75 Å². The van der Waals surface area contributed by atoms with Gasteiger partial charge >= 0.3 is 0 Å². The number of carbonyl (C=O) groups excluding carboxylic acids is 1. The van der Waals surface area contributed by atoms with Crippen LogP contribution in [0.5, 0.6) is 5.75 Å². The zero-order chi connectivity index (χ0) is 17.5. The number of amides is 1. The van der Waals surface area contributed by atoms with Crippen LogP contribution in [-0.2, 0) is 4.79 Å². The summed E-state index contributed by atoms with van der Waals surface area (Å²) in [6.07, 6.45) is 4.15. The molecule has 0 radical (unpaired) electrons.